The number of amides is 3. The zero-order valence-electron chi connectivity index (χ0n) is 13.7. The van der Waals surface area contributed by atoms with Crippen molar-refractivity contribution in [2.24, 2.45) is 5.73 Å². The van der Waals surface area contributed by atoms with Crippen LogP contribution >= 0.6 is 11.3 Å². The maximum absolute atomic E-state index is 12.1. The predicted octanol–water partition coefficient (Wildman–Crippen LogP) is 0.563. The molecule has 0 aliphatic heterocycles. The van der Waals surface area contributed by atoms with E-state index < -0.39 is 37.0 Å². The molecule has 136 valence electrons. The van der Waals surface area contributed by atoms with Gasteiger partial charge < -0.3 is 25.8 Å². The third kappa shape index (κ3) is 4.92. The molecule has 1 aliphatic rings. The molecule has 2 rings (SSSR count). The summed E-state index contributed by atoms with van der Waals surface area (Å²) in [5, 5.41) is 5.05. The van der Waals surface area contributed by atoms with E-state index in [-0.39, 0.29) is 0 Å². The minimum atomic E-state index is -0.867. The van der Waals surface area contributed by atoms with Crippen LogP contribution in [0.3, 0.4) is 0 Å². The van der Waals surface area contributed by atoms with Crippen LogP contribution in [0.2, 0.25) is 0 Å². The summed E-state index contributed by atoms with van der Waals surface area (Å²) in [7, 11) is 1.29. The number of nitrogens with one attached hydrogen (secondary N) is 2. The van der Waals surface area contributed by atoms with E-state index >= 15 is 0 Å². The summed E-state index contributed by atoms with van der Waals surface area (Å²) in [6.45, 7) is -0.966. The Morgan fingerprint density at radius 1 is 1.20 bits per heavy atom. The number of rotatable bonds is 6. The topological polar surface area (TPSA) is 137 Å². The average molecular weight is 369 g/mol. The lowest BCUT2D eigenvalue weighted by molar-refractivity contribution is -0.146. The average Bonchev–Trinajstić information content (AvgIpc) is 2.95. The molecule has 10 heteroatoms. The third-order valence-electron chi connectivity index (χ3n) is 3.58. The molecule has 25 heavy (non-hydrogen) atoms. The smallest absolute Gasteiger partial charge is 0.341 e. The number of fused-ring (bicyclic) bond motifs is 1. The maximum atomic E-state index is 12.1. The van der Waals surface area contributed by atoms with Crippen LogP contribution < -0.4 is 16.4 Å². The van der Waals surface area contributed by atoms with Gasteiger partial charge in [0, 0.05) is 4.88 Å². The van der Waals surface area contributed by atoms with Gasteiger partial charge in [-0.15, -0.1) is 11.3 Å². The van der Waals surface area contributed by atoms with E-state index in [1.54, 1.807) is 0 Å². The first-order valence-electron chi connectivity index (χ1n) is 7.64. The van der Waals surface area contributed by atoms with Gasteiger partial charge >= 0.3 is 18.0 Å². The number of urea groups is 1. The first-order valence-corrected chi connectivity index (χ1v) is 8.45. The van der Waals surface area contributed by atoms with E-state index in [0.29, 0.717) is 10.6 Å². The van der Waals surface area contributed by atoms with Crippen molar-refractivity contribution < 1.29 is 28.7 Å². The number of hydrogen-bond acceptors (Lipinski definition) is 7. The second-order valence-corrected chi connectivity index (χ2v) is 6.44. The largest absolute Gasteiger partial charge is 0.465 e. The molecule has 1 aromatic heterocycles. The number of nitrogens with two attached hydrogens (primary N) is 1. The zero-order chi connectivity index (χ0) is 18.4. The third-order valence-corrected chi connectivity index (χ3v) is 4.79. The minimum absolute atomic E-state index is 0.372. The Kier molecular flexibility index (Phi) is 6.34. The second-order valence-electron chi connectivity index (χ2n) is 5.33. The molecule has 1 aromatic rings. The molecule has 1 aliphatic carbocycles. The summed E-state index contributed by atoms with van der Waals surface area (Å²) in [4.78, 5) is 46.9. The van der Waals surface area contributed by atoms with Gasteiger partial charge in [0.25, 0.3) is 5.91 Å². The summed E-state index contributed by atoms with van der Waals surface area (Å²) in [6.07, 6.45) is 3.63. The summed E-state index contributed by atoms with van der Waals surface area (Å²) in [6, 6.07) is -0.867. The molecule has 0 radical (unpaired) electrons. The van der Waals surface area contributed by atoms with Crippen LogP contribution in [-0.4, -0.2) is 44.1 Å². The number of anilines is 1. The zero-order valence-corrected chi connectivity index (χ0v) is 14.5. The molecular weight excluding hydrogens is 350 g/mol. The molecule has 0 aromatic carbocycles. The fourth-order valence-electron chi connectivity index (χ4n) is 2.49. The molecular formula is C15H19N3O6S. The molecule has 1 heterocycles. The maximum Gasteiger partial charge on any atom is 0.341 e. The number of aryl methyl sites for hydroxylation is 1. The standard InChI is InChI=1S/C15H19N3O6S/c1-23-14(21)12-8-4-2-3-5-9(8)25-13(12)18-10(19)7-24-11(20)6-17-15(16)22/h2-7H2,1H3,(H,18,19)(H3,16,17,22). The summed E-state index contributed by atoms with van der Waals surface area (Å²) < 4.78 is 9.54. The number of carbonyl (C=O) groups excluding carboxylic acids is 4. The van der Waals surface area contributed by atoms with Crippen molar-refractivity contribution >= 4 is 40.2 Å². The monoisotopic (exact) mass is 369 g/mol. The Morgan fingerprint density at radius 2 is 1.92 bits per heavy atom. The summed E-state index contributed by atoms with van der Waals surface area (Å²) in [5.41, 5.74) is 6.12. The Hall–Kier alpha value is -2.62. The van der Waals surface area contributed by atoms with Crippen molar-refractivity contribution in [1.82, 2.24) is 5.32 Å². The van der Waals surface area contributed by atoms with Gasteiger partial charge in [-0.2, -0.15) is 0 Å². The normalized spacial score (nSPS) is 12.7. The van der Waals surface area contributed by atoms with E-state index in [1.807, 2.05) is 0 Å². The Morgan fingerprint density at radius 3 is 2.60 bits per heavy atom. The number of esters is 2. The Labute approximate surface area is 147 Å². The molecule has 9 nitrogen and oxygen atoms in total. The first-order chi connectivity index (χ1) is 11.9. The molecule has 0 bridgehead atoms. The fourth-order valence-corrected chi connectivity index (χ4v) is 3.78. The molecule has 0 saturated carbocycles. The van der Waals surface area contributed by atoms with E-state index in [4.69, 9.17) is 15.2 Å². The number of primary amides is 1. The molecule has 0 saturated heterocycles. The first kappa shape index (κ1) is 18.7. The number of carbonyl (C=O) groups is 4. The fraction of sp³-hybridized carbons (Fsp3) is 0.467. The Balaban J connectivity index is 2.00. The highest BCUT2D eigenvalue weighted by Gasteiger charge is 2.27. The van der Waals surface area contributed by atoms with E-state index in [1.165, 1.54) is 18.4 Å². The number of thiophene rings is 1. The number of hydrogen-bond donors (Lipinski definition) is 3. The molecule has 0 atom stereocenters. The summed E-state index contributed by atoms with van der Waals surface area (Å²) in [5.74, 6) is -1.89. The van der Waals surface area contributed by atoms with Gasteiger partial charge in [0.05, 0.1) is 12.7 Å². The lowest BCUT2D eigenvalue weighted by Crippen LogP contribution is -2.35. The van der Waals surface area contributed by atoms with Crippen LogP contribution in [-0.2, 0) is 31.9 Å². The Bertz CT molecular complexity index is 700. The van der Waals surface area contributed by atoms with Crippen LogP contribution in [0.5, 0.6) is 0 Å². The lowest BCUT2D eigenvalue weighted by Gasteiger charge is -2.11. The SMILES string of the molecule is COC(=O)c1c(NC(=O)COC(=O)CNC(N)=O)sc2c1CCCC2. The van der Waals surface area contributed by atoms with Crippen molar-refractivity contribution in [3.8, 4) is 0 Å². The lowest BCUT2D eigenvalue weighted by atomic mass is 9.95. The van der Waals surface area contributed by atoms with Crippen LogP contribution in [0, 0.1) is 0 Å². The van der Waals surface area contributed by atoms with Gasteiger partial charge in [-0.25, -0.2) is 9.59 Å². The van der Waals surface area contributed by atoms with Crippen LogP contribution in [0.25, 0.3) is 0 Å². The van der Waals surface area contributed by atoms with Crippen molar-refractivity contribution in [2.75, 3.05) is 25.6 Å². The second kappa shape index (κ2) is 8.47. The molecule has 4 N–H and O–H groups in total. The van der Waals surface area contributed by atoms with Gasteiger partial charge in [-0.05, 0) is 31.2 Å². The van der Waals surface area contributed by atoms with E-state index in [9.17, 15) is 19.2 Å². The predicted molar refractivity (Wildman–Crippen MR) is 89.5 cm³/mol. The van der Waals surface area contributed by atoms with Crippen LogP contribution in [0.15, 0.2) is 0 Å². The van der Waals surface area contributed by atoms with Gasteiger partial charge in [0.1, 0.15) is 11.5 Å². The molecule has 0 spiro atoms. The minimum Gasteiger partial charge on any atom is -0.465 e. The van der Waals surface area contributed by atoms with E-state index in [0.717, 1.165) is 36.1 Å². The van der Waals surface area contributed by atoms with Crippen molar-refractivity contribution in [1.29, 1.82) is 0 Å². The highest BCUT2D eigenvalue weighted by atomic mass is 32.1. The van der Waals surface area contributed by atoms with Crippen molar-refractivity contribution in [2.45, 2.75) is 25.7 Å². The van der Waals surface area contributed by atoms with Gasteiger partial charge in [0.2, 0.25) is 0 Å². The van der Waals surface area contributed by atoms with Crippen LogP contribution in [0.1, 0.15) is 33.6 Å². The number of ether oxygens (including phenoxy) is 2. The van der Waals surface area contributed by atoms with Gasteiger partial charge in [-0.3, -0.25) is 9.59 Å². The quantitative estimate of drug-likeness (QED) is 0.627. The molecule has 3 amide bonds. The summed E-state index contributed by atoms with van der Waals surface area (Å²) >= 11 is 1.34. The highest BCUT2D eigenvalue weighted by Crippen LogP contribution is 2.38. The van der Waals surface area contributed by atoms with Gasteiger partial charge in [-0.1, -0.05) is 0 Å². The van der Waals surface area contributed by atoms with Crippen molar-refractivity contribution in [3.63, 3.8) is 0 Å². The van der Waals surface area contributed by atoms with Gasteiger partial charge in [0.15, 0.2) is 6.61 Å². The van der Waals surface area contributed by atoms with Crippen LogP contribution in [0.4, 0.5) is 9.80 Å². The molecule has 0 unspecified atom stereocenters. The van der Waals surface area contributed by atoms with E-state index in [2.05, 4.69) is 10.6 Å². The number of methoxy groups -OCH3 is 1. The molecule has 0 fully saturated rings. The highest BCUT2D eigenvalue weighted by molar-refractivity contribution is 7.17. The van der Waals surface area contributed by atoms with Crippen molar-refractivity contribution in [3.05, 3.63) is 16.0 Å².